The Hall–Kier alpha value is -5.02. The van der Waals surface area contributed by atoms with Crippen LogP contribution in [0.1, 0.15) is 6.42 Å². The first kappa shape index (κ1) is 27.8. The quantitative estimate of drug-likeness (QED) is 0.282. The van der Waals surface area contributed by atoms with Crippen LogP contribution in [0.15, 0.2) is 97.2 Å². The minimum absolute atomic E-state index is 0.00765. The minimum atomic E-state index is -0.151. The van der Waals surface area contributed by atoms with E-state index in [0.717, 1.165) is 70.8 Å². The van der Waals surface area contributed by atoms with Gasteiger partial charge in [-0.05, 0) is 55.4 Å². The lowest BCUT2D eigenvalue weighted by Crippen LogP contribution is -2.51. The van der Waals surface area contributed by atoms with Crippen molar-refractivity contribution in [1.82, 2.24) is 25.0 Å². The maximum atomic E-state index is 13.2. The van der Waals surface area contributed by atoms with Crippen LogP contribution in [0.3, 0.4) is 0 Å². The van der Waals surface area contributed by atoms with Crippen LogP contribution in [0.2, 0.25) is 0 Å². The molecule has 0 radical (unpaired) electrons. The lowest BCUT2D eigenvalue weighted by atomic mass is 10.1. The van der Waals surface area contributed by atoms with E-state index >= 15 is 0 Å². The first-order chi connectivity index (χ1) is 21.6. The summed E-state index contributed by atoms with van der Waals surface area (Å²) >= 11 is 0. The van der Waals surface area contributed by atoms with Gasteiger partial charge in [-0.3, -0.25) is 24.6 Å². The van der Waals surface area contributed by atoms with Crippen LogP contribution < -0.4 is 10.2 Å². The number of pyridine rings is 1. The van der Waals surface area contributed by atoms with Gasteiger partial charge in [-0.1, -0.05) is 48.5 Å². The fraction of sp³-hybridized carbons (Fsp3) is 0.257. The minimum Gasteiger partial charge on any atom is -0.368 e. The van der Waals surface area contributed by atoms with Crippen LogP contribution >= 0.6 is 0 Å². The Balaban J connectivity index is 0.897. The number of nitrogens with one attached hydrogen (secondary N) is 2. The Kier molecular flexibility index (Phi) is 7.77. The zero-order chi connectivity index (χ0) is 29.9. The van der Waals surface area contributed by atoms with Crippen molar-refractivity contribution in [3.63, 3.8) is 0 Å². The number of hydrogen-bond acceptors (Lipinski definition) is 6. The normalized spacial score (nSPS) is 17.2. The number of benzene rings is 3. The Bertz CT molecular complexity index is 1750. The molecular weight excluding hydrogens is 550 g/mol. The summed E-state index contributed by atoms with van der Waals surface area (Å²) in [7, 11) is 0. The molecule has 0 saturated carbocycles. The van der Waals surface area contributed by atoms with Crippen LogP contribution in [0.4, 0.5) is 11.4 Å². The zero-order valence-electron chi connectivity index (χ0n) is 24.5. The molecule has 9 heteroatoms. The van der Waals surface area contributed by atoms with Crippen molar-refractivity contribution in [2.45, 2.75) is 6.42 Å². The number of amides is 2. The molecule has 2 aliphatic rings. The molecule has 2 saturated heterocycles. The highest BCUT2D eigenvalue weighted by molar-refractivity contribution is 5.99. The average molecular weight is 586 g/mol. The molecule has 0 spiro atoms. The molecule has 1 atom stereocenters. The molecular formula is C35H35N7O2. The molecule has 4 heterocycles. The second-order valence-corrected chi connectivity index (χ2v) is 11.5. The number of piperazine rings is 1. The van der Waals surface area contributed by atoms with Gasteiger partial charge in [-0.25, -0.2) is 0 Å². The van der Waals surface area contributed by atoms with Crippen LogP contribution in [0.5, 0.6) is 0 Å². The van der Waals surface area contributed by atoms with Crippen molar-refractivity contribution >= 4 is 34.1 Å². The predicted molar refractivity (Wildman–Crippen MR) is 173 cm³/mol. The highest BCUT2D eigenvalue weighted by Gasteiger charge is 2.31. The largest absolute Gasteiger partial charge is 0.368 e. The number of aromatic amines is 1. The lowest BCUT2D eigenvalue weighted by Gasteiger charge is -2.36. The van der Waals surface area contributed by atoms with Crippen molar-refractivity contribution in [1.29, 1.82) is 0 Å². The first-order valence-corrected chi connectivity index (χ1v) is 15.2. The highest BCUT2D eigenvalue weighted by Crippen LogP contribution is 2.29. The molecule has 7 rings (SSSR count). The fourth-order valence-corrected chi connectivity index (χ4v) is 6.22. The Morgan fingerprint density at radius 1 is 0.841 bits per heavy atom. The van der Waals surface area contributed by atoms with Gasteiger partial charge in [0.25, 0.3) is 0 Å². The fourth-order valence-electron chi connectivity index (χ4n) is 6.22. The highest BCUT2D eigenvalue weighted by atomic mass is 16.2. The maximum absolute atomic E-state index is 13.2. The second-order valence-electron chi connectivity index (χ2n) is 11.5. The van der Waals surface area contributed by atoms with Gasteiger partial charge < -0.3 is 15.1 Å². The number of fused-ring (bicyclic) bond motifs is 1. The number of carbonyl (C=O) groups is 2. The number of H-pyrrole nitrogens is 1. The molecule has 2 fully saturated rings. The van der Waals surface area contributed by atoms with Crippen molar-refractivity contribution in [2.24, 2.45) is 5.92 Å². The summed E-state index contributed by atoms with van der Waals surface area (Å²) in [5.74, 6) is -0.0239. The molecule has 2 aliphatic heterocycles. The average Bonchev–Trinajstić information content (AvgIpc) is 3.73. The number of rotatable bonds is 7. The number of carbonyl (C=O) groups excluding carboxylic acids is 2. The van der Waals surface area contributed by atoms with Gasteiger partial charge in [0.1, 0.15) is 0 Å². The summed E-state index contributed by atoms with van der Waals surface area (Å²) in [6.45, 7) is 4.66. The van der Waals surface area contributed by atoms with Gasteiger partial charge >= 0.3 is 0 Å². The summed E-state index contributed by atoms with van der Waals surface area (Å²) in [5.41, 5.74) is 6.78. The van der Waals surface area contributed by atoms with Crippen molar-refractivity contribution in [3.8, 4) is 22.5 Å². The molecule has 0 unspecified atom stereocenters. The Morgan fingerprint density at radius 3 is 2.41 bits per heavy atom. The van der Waals surface area contributed by atoms with E-state index in [1.165, 1.54) is 0 Å². The Labute approximate surface area is 256 Å². The van der Waals surface area contributed by atoms with E-state index in [9.17, 15) is 9.59 Å². The van der Waals surface area contributed by atoms with Gasteiger partial charge in [0.2, 0.25) is 11.8 Å². The molecule has 2 aromatic heterocycles. The van der Waals surface area contributed by atoms with Crippen LogP contribution in [-0.4, -0.2) is 82.6 Å². The SMILES string of the molecule is O=C(Nc1ccc2[nH]nc(-c3ccccc3)c2c1)[C@@H]1CCN(CC(=O)N2CCN(c3ccc(-c4ccccn4)cc3)CC2)C1. The number of aromatic nitrogens is 3. The third-order valence-electron chi connectivity index (χ3n) is 8.71. The van der Waals surface area contributed by atoms with E-state index in [4.69, 9.17) is 0 Å². The summed E-state index contributed by atoms with van der Waals surface area (Å²) in [6, 6.07) is 30.2. The molecule has 0 bridgehead atoms. The summed E-state index contributed by atoms with van der Waals surface area (Å²) < 4.78 is 0. The number of anilines is 2. The van der Waals surface area contributed by atoms with Crippen molar-refractivity contribution in [3.05, 3.63) is 97.2 Å². The Morgan fingerprint density at radius 2 is 1.64 bits per heavy atom. The van der Waals surface area contributed by atoms with E-state index in [0.29, 0.717) is 26.2 Å². The molecule has 222 valence electrons. The van der Waals surface area contributed by atoms with E-state index in [1.807, 2.05) is 71.6 Å². The zero-order valence-corrected chi connectivity index (χ0v) is 24.5. The maximum Gasteiger partial charge on any atom is 0.236 e. The summed E-state index contributed by atoms with van der Waals surface area (Å²) in [4.78, 5) is 37.2. The number of nitrogens with zero attached hydrogens (tertiary/aromatic N) is 5. The molecule has 3 aromatic carbocycles. The lowest BCUT2D eigenvalue weighted by molar-refractivity contribution is -0.132. The van der Waals surface area contributed by atoms with Crippen LogP contribution in [-0.2, 0) is 9.59 Å². The summed E-state index contributed by atoms with van der Waals surface area (Å²) in [6.07, 6.45) is 2.55. The standard InChI is InChI=1S/C35H35N7O2/c43-33(42-20-18-41(19-21-42)29-12-9-25(10-13-29)31-8-4-5-16-36-31)24-40-17-15-27(23-40)35(44)37-28-11-14-32-30(22-28)34(39-38-32)26-6-2-1-3-7-26/h1-14,16,22,27H,15,17-21,23-24H2,(H,37,44)(H,38,39)/t27-/m1/s1. The first-order valence-electron chi connectivity index (χ1n) is 15.2. The molecule has 44 heavy (non-hydrogen) atoms. The van der Waals surface area contributed by atoms with E-state index in [2.05, 4.69) is 54.6 Å². The monoisotopic (exact) mass is 585 g/mol. The molecule has 9 nitrogen and oxygen atoms in total. The number of likely N-dealkylation sites (tertiary alicyclic amines) is 1. The topological polar surface area (TPSA) is 97.5 Å². The van der Waals surface area contributed by atoms with E-state index < -0.39 is 0 Å². The van der Waals surface area contributed by atoms with E-state index in [1.54, 1.807) is 6.20 Å². The number of hydrogen-bond donors (Lipinski definition) is 2. The molecule has 5 aromatic rings. The van der Waals surface area contributed by atoms with Gasteiger partial charge in [-0.2, -0.15) is 5.10 Å². The second kappa shape index (κ2) is 12.3. The molecule has 0 aliphatic carbocycles. The smallest absolute Gasteiger partial charge is 0.236 e. The molecule has 2 N–H and O–H groups in total. The van der Waals surface area contributed by atoms with E-state index in [-0.39, 0.29) is 17.7 Å². The third kappa shape index (κ3) is 5.91. The third-order valence-corrected chi connectivity index (χ3v) is 8.71. The van der Waals surface area contributed by atoms with Crippen LogP contribution in [0, 0.1) is 5.92 Å². The summed E-state index contributed by atoms with van der Waals surface area (Å²) in [5, 5.41) is 11.6. The van der Waals surface area contributed by atoms with Crippen molar-refractivity contribution in [2.75, 3.05) is 56.0 Å². The van der Waals surface area contributed by atoms with Crippen LogP contribution in [0.25, 0.3) is 33.4 Å². The predicted octanol–water partition coefficient (Wildman–Crippen LogP) is 4.90. The van der Waals surface area contributed by atoms with Gasteiger partial charge in [-0.15, -0.1) is 0 Å². The van der Waals surface area contributed by atoms with Gasteiger partial charge in [0.05, 0.1) is 29.4 Å². The van der Waals surface area contributed by atoms with Crippen molar-refractivity contribution < 1.29 is 9.59 Å². The molecule has 2 amide bonds. The van der Waals surface area contributed by atoms with Gasteiger partial charge in [0.15, 0.2) is 0 Å². The van der Waals surface area contributed by atoms with Gasteiger partial charge in [0, 0.05) is 66.8 Å².